The van der Waals surface area contributed by atoms with E-state index < -0.39 is 0 Å². The minimum Gasteiger partial charge on any atom is -0.315 e. The van der Waals surface area contributed by atoms with Crippen molar-refractivity contribution in [2.24, 2.45) is 0 Å². The van der Waals surface area contributed by atoms with Crippen LogP contribution >= 0.6 is 12.4 Å². The number of hydrogen-bond acceptors (Lipinski definition) is 2. The topological polar surface area (TPSA) is 24.1 Å². The van der Waals surface area contributed by atoms with Gasteiger partial charge in [0, 0.05) is 19.1 Å². The monoisotopic (exact) mass is 254 g/mol. The molecule has 1 unspecified atom stereocenters. The zero-order valence-corrected chi connectivity index (χ0v) is 11.4. The van der Waals surface area contributed by atoms with E-state index >= 15 is 0 Å². The zero-order valence-electron chi connectivity index (χ0n) is 10.5. The Morgan fingerprint density at radius 1 is 1.29 bits per heavy atom. The molecule has 0 aromatic heterocycles. The second kappa shape index (κ2) is 7.70. The van der Waals surface area contributed by atoms with Gasteiger partial charge in [-0.3, -0.25) is 0 Å². The Balaban J connectivity index is 0.00000144. The Morgan fingerprint density at radius 3 is 2.71 bits per heavy atom. The van der Waals surface area contributed by atoms with Crippen molar-refractivity contribution in [2.75, 3.05) is 13.1 Å². The van der Waals surface area contributed by atoms with Gasteiger partial charge in [-0.1, -0.05) is 31.2 Å². The lowest BCUT2D eigenvalue weighted by molar-refractivity contribution is 0.388. The highest BCUT2D eigenvalue weighted by Gasteiger charge is 2.12. The minimum atomic E-state index is 0. The van der Waals surface area contributed by atoms with Crippen LogP contribution in [-0.4, -0.2) is 19.1 Å². The van der Waals surface area contributed by atoms with E-state index in [-0.39, 0.29) is 12.4 Å². The normalized spacial score (nSPS) is 19.7. The molecule has 0 amide bonds. The SMILES string of the molecule is CCc1ccccc1CNC1CCCNC1.Cl. The maximum atomic E-state index is 3.65. The molecule has 0 saturated carbocycles. The van der Waals surface area contributed by atoms with Crippen molar-refractivity contribution in [2.45, 2.75) is 38.8 Å². The number of hydrogen-bond donors (Lipinski definition) is 2. The molecule has 0 aliphatic carbocycles. The Bertz CT molecular complexity index is 322. The maximum absolute atomic E-state index is 3.65. The van der Waals surface area contributed by atoms with Crippen LogP contribution in [0.1, 0.15) is 30.9 Å². The fourth-order valence-electron chi connectivity index (χ4n) is 2.36. The quantitative estimate of drug-likeness (QED) is 0.863. The predicted molar refractivity (Wildman–Crippen MR) is 75.8 cm³/mol. The molecule has 0 spiro atoms. The van der Waals surface area contributed by atoms with Crippen molar-refractivity contribution in [3.05, 3.63) is 35.4 Å². The summed E-state index contributed by atoms with van der Waals surface area (Å²) in [5.74, 6) is 0. The third-order valence-corrected chi connectivity index (χ3v) is 3.38. The van der Waals surface area contributed by atoms with Crippen molar-refractivity contribution in [3.8, 4) is 0 Å². The van der Waals surface area contributed by atoms with Crippen LogP contribution < -0.4 is 10.6 Å². The summed E-state index contributed by atoms with van der Waals surface area (Å²) >= 11 is 0. The maximum Gasteiger partial charge on any atom is 0.0211 e. The fourth-order valence-corrected chi connectivity index (χ4v) is 2.36. The molecule has 1 aliphatic heterocycles. The molecule has 0 bridgehead atoms. The molecule has 1 aromatic carbocycles. The van der Waals surface area contributed by atoms with E-state index in [1.807, 2.05) is 0 Å². The van der Waals surface area contributed by atoms with Crippen molar-refractivity contribution in [1.29, 1.82) is 0 Å². The van der Waals surface area contributed by atoms with Gasteiger partial charge >= 0.3 is 0 Å². The van der Waals surface area contributed by atoms with E-state index in [0.29, 0.717) is 6.04 Å². The van der Waals surface area contributed by atoms with Crippen LogP contribution in [0.5, 0.6) is 0 Å². The van der Waals surface area contributed by atoms with Crippen molar-refractivity contribution >= 4 is 12.4 Å². The van der Waals surface area contributed by atoms with E-state index in [1.165, 1.54) is 30.5 Å². The highest BCUT2D eigenvalue weighted by atomic mass is 35.5. The summed E-state index contributed by atoms with van der Waals surface area (Å²) in [7, 11) is 0. The standard InChI is InChI=1S/C14H22N2.ClH/c1-2-12-6-3-4-7-13(12)10-16-14-8-5-9-15-11-14;/h3-4,6-7,14-16H,2,5,8-11H2,1H3;1H. The molecule has 1 atom stereocenters. The van der Waals surface area contributed by atoms with Gasteiger partial charge in [0.2, 0.25) is 0 Å². The van der Waals surface area contributed by atoms with Crippen molar-refractivity contribution in [1.82, 2.24) is 10.6 Å². The lowest BCUT2D eigenvalue weighted by Gasteiger charge is -2.24. The number of nitrogens with one attached hydrogen (secondary N) is 2. The summed E-state index contributed by atoms with van der Waals surface area (Å²) in [6.07, 6.45) is 3.73. The average molecular weight is 255 g/mol. The third kappa shape index (κ3) is 4.30. The Morgan fingerprint density at radius 2 is 2.06 bits per heavy atom. The Kier molecular flexibility index (Phi) is 6.56. The molecule has 2 nitrogen and oxygen atoms in total. The summed E-state index contributed by atoms with van der Waals surface area (Å²) in [6.45, 7) is 5.54. The first-order valence-corrected chi connectivity index (χ1v) is 6.41. The molecule has 1 fully saturated rings. The number of halogens is 1. The Hall–Kier alpha value is -0.570. The highest BCUT2D eigenvalue weighted by molar-refractivity contribution is 5.85. The van der Waals surface area contributed by atoms with Gasteiger partial charge in [0.05, 0.1) is 0 Å². The van der Waals surface area contributed by atoms with Crippen LogP contribution in [0.25, 0.3) is 0 Å². The van der Waals surface area contributed by atoms with Gasteiger partial charge in [0.15, 0.2) is 0 Å². The summed E-state index contributed by atoms with van der Waals surface area (Å²) < 4.78 is 0. The Labute approximate surface area is 111 Å². The molecular formula is C14H23ClN2. The zero-order chi connectivity index (χ0) is 11.2. The molecule has 2 N–H and O–H groups in total. The van der Waals surface area contributed by atoms with Crippen molar-refractivity contribution < 1.29 is 0 Å². The van der Waals surface area contributed by atoms with E-state index in [4.69, 9.17) is 0 Å². The molecule has 96 valence electrons. The first-order chi connectivity index (χ1) is 7.90. The second-order valence-electron chi connectivity index (χ2n) is 4.55. The lowest BCUT2D eigenvalue weighted by atomic mass is 10.0. The largest absolute Gasteiger partial charge is 0.315 e. The van der Waals surface area contributed by atoms with E-state index in [9.17, 15) is 0 Å². The number of piperidine rings is 1. The summed E-state index contributed by atoms with van der Waals surface area (Å²) in [4.78, 5) is 0. The van der Waals surface area contributed by atoms with E-state index in [2.05, 4.69) is 41.8 Å². The molecule has 1 aromatic rings. The van der Waals surface area contributed by atoms with Gasteiger partial charge in [-0.15, -0.1) is 12.4 Å². The molecular weight excluding hydrogens is 232 g/mol. The van der Waals surface area contributed by atoms with Gasteiger partial charge in [0.1, 0.15) is 0 Å². The van der Waals surface area contributed by atoms with Crippen LogP contribution in [0.3, 0.4) is 0 Å². The van der Waals surface area contributed by atoms with Crippen LogP contribution in [0.4, 0.5) is 0 Å². The van der Waals surface area contributed by atoms with Crippen LogP contribution in [0, 0.1) is 0 Å². The first-order valence-electron chi connectivity index (χ1n) is 6.41. The van der Waals surface area contributed by atoms with Crippen LogP contribution in [0.2, 0.25) is 0 Å². The van der Waals surface area contributed by atoms with Gasteiger partial charge in [-0.05, 0) is 36.9 Å². The van der Waals surface area contributed by atoms with Crippen LogP contribution in [0.15, 0.2) is 24.3 Å². The average Bonchev–Trinajstić information content (AvgIpc) is 2.38. The minimum absolute atomic E-state index is 0. The predicted octanol–water partition coefficient (Wildman–Crippen LogP) is 2.51. The molecule has 1 saturated heterocycles. The fraction of sp³-hybridized carbons (Fsp3) is 0.571. The molecule has 1 aliphatic rings. The van der Waals surface area contributed by atoms with Gasteiger partial charge in [0.25, 0.3) is 0 Å². The van der Waals surface area contributed by atoms with Gasteiger partial charge in [-0.2, -0.15) is 0 Å². The number of aryl methyl sites for hydroxylation is 1. The summed E-state index contributed by atoms with van der Waals surface area (Å²) in [6, 6.07) is 9.39. The van der Waals surface area contributed by atoms with Crippen molar-refractivity contribution in [3.63, 3.8) is 0 Å². The first kappa shape index (κ1) is 14.5. The molecule has 3 heteroatoms. The van der Waals surface area contributed by atoms with Crippen LogP contribution in [-0.2, 0) is 13.0 Å². The van der Waals surface area contributed by atoms with E-state index in [0.717, 1.165) is 19.5 Å². The lowest BCUT2D eigenvalue weighted by Crippen LogP contribution is -2.42. The summed E-state index contributed by atoms with van der Waals surface area (Å²) in [5, 5.41) is 7.09. The molecule has 1 heterocycles. The third-order valence-electron chi connectivity index (χ3n) is 3.38. The van der Waals surface area contributed by atoms with Gasteiger partial charge < -0.3 is 10.6 Å². The smallest absolute Gasteiger partial charge is 0.0211 e. The number of benzene rings is 1. The molecule has 0 radical (unpaired) electrons. The van der Waals surface area contributed by atoms with E-state index in [1.54, 1.807) is 0 Å². The molecule has 2 rings (SSSR count). The highest BCUT2D eigenvalue weighted by Crippen LogP contribution is 2.10. The van der Waals surface area contributed by atoms with Gasteiger partial charge in [-0.25, -0.2) is 0 Å². The summed E-state index contributed by atoms with van der Waals surface area (Å²) in [5.41, 5.74) is 2.93. The molecule has 17 heavy (non-hydrogen) atoms. The number of rotatable bonds is 4. The second-order valence-corrected chi connectivity index (χ2v) is 4.55.